The molecule has 0 spiro atoms. The number of nitrogens with zero attached hydrogens (tertiary/aromatic N) is 2. The second kappa shape index (κ2) is 5.28. The van der Waals surface area contributed by atoms with Gasteiger partial charge < -0.3 is 10.0 Å². The number of likely N-dealkylation sites (tertiary alicyclic amines) is 1. The molecule has 1 saturated carbocycles. The predicted octanol–water partition coefficient (Wildman–Crippen LogP) is 3.33. The summed E-state index contributed by atoms with van der Waals surface area (Å²) in [7, 11) is 0. The molecule has 1 saturated heterocycles. The highest BCUT2D eigenvalue weighted by Crippen LogP contribution is 2.62. The van der Waals surface area contributed by atoms with Crippen LogP contribution in [0.2, 0.25) is 0 Å². The highest BCUT2D eigenvalue weighted by molar-refractivity contribution is 6.07. The molecule has 1 aromatic heterocycles. The molecule has 0 radical (unpaired) electrons. The Labute approximate surface area is 148 Å². The van der Waals surface area contributed by atoms with Crippen molar-refractivity contribution in [2.45, 2.75) is 34.1 Å². The zero-order chi connectivity index (χ0) is 18.0. The average Bonchev–Trinajstić information content (AvgIpc) is 2.90. The fourth-order valence-corrected chi connectivity index (χ4v) is 5.36. The number of rotatable bonds is 2. The van der Waals surface area contributed by atoms with Crippen LogP contribution in [0.1, 0.15) is 41.9 Å². The van der Waals surface area contributed by atoms with E-state index in [0.717, 1.165) is 40.7 Å². The van der Waals surface area contributed by atoms with Crippen molar-refractivity contribution in [1.82, 2.24) is 9.88 Å². The Morgan fingerprint density at radius 2 is 2.12 bits per heavy atom. The van der Waals surface area contributed by atoms with Crippen molar-refractivity contribution in [2.75, 3.05) is 19.7 Å². The third-order valence-corrected chi connectivity index (χ3v) is 6.40. The minimum Gasteiger partial charge on any atom is -0.396 e. The Bertz CT molecular complexity index is 874. The first-order chi connectivity index (χ1) is 11.8. The van der Waals surface area contributed by atoms with E-state index < -0.39 is 0 Å². The lowest BCUT2D eigenvalue weighted by molar-refractivity contribution is -0.0976. The molecule has 2 fully saturated rings. The third-order valence-electron chi connectivity index (χ3n) is 6.40. The lowest BCUT2D eigenvalue weighted by Gasteiger charge is -2.55. The van der Waals surface area contributed by atoms with Crippen molar-refractivity contribution in [1.29, 1.82) is 0 Å². The number of para-hydroxylation sites is 1. The van der Waals surface area contributed by atoms with Gasteiger partial charge in [0.2, 0.25) is 0 Å². The summed E-state index contributed by atoms with van der Waals surface area (Å²) in [4.78, 5) is 19.9. The summed E-state index contributed by atoms with van der Waals surface area (Å²) in [6, 6.07) is 7.90. The normalized spacial score (nSPS) is 27.2. The van der Waals surface area contributed by atoms with E-state index in [1.165, 1.54) is 0 Å². The first-order valence-corrected chi connectivity index (χ1v) is 9.04. The highest BCUT2D eigenvalue weighted by Gasteiger charge is 2.63. The van der Waals surface area contributed by atoms with Gasteiger partial charge in [0.15, 0.2) is 0 Å². The number of hydrogen-bond donors (Lipinski definition) is 1. The largest absolute Gasteiger partial charge is 0.396 e. The molecular weight excluding hydrogens is 312 g/mol. The number of carbonyl (C=O) groups is 1. The average molecular weight is 338 g/mol. The van der Waals surface area contributed by atoms with Crippen molar-refractivity contribution in [3.05, 3.63) is 41.1 Å². The van der Waals surface area contributed by atoms with Crippen molar-refractivity contribution < 1.29 is 9.90 Å². The van der Waals surface area contributed by atoms with Crippen LogP contribution in [-0.4, -0.2) is 40.6 Å². The lowest BCUT2D eigenvalue weighted by Crippen LogP contribution is -2.54. The van der Waals surface area contributed by atoms with Gasteiger partial charge in [0.1, 0.15) is 0 Å². The number of pyridine rings is 1. The topological polar surface area (TPSA) is 53.4 Å². The van der Waals surface area contributed by atoms with Gasteiger partial charge in [-0.1, -0.05) is 32.0 Å². The second-order valence-corrected chi connectivity index (χ2v) is 8.71. The van der Waals surface area contributed by atoms with Gasteiger partial charge in [0, 0.05) is 29.6 Å². The monoisotopic (exact) mass is 338 g/mol. The number of benzene rings is 1. The number of aliphatic hydroxyl groups excluding tert-OH is 1. The number of amides is 1. The quantitative estimate of drug-likeness (QED) is 0.914. The van der Waals surface area contributed by atoms with Crippen LogP contribution in [0.25, 0.3) is 10.9 Å². The lowest BCUT2D eigenvalue weighted by atomic mass is 9.48. The number of fused-ring (bicyclic) bond motifs is 2. The van der Waals surface area contributed by atoms with Crippen molar-refractivity contribution in [2.24, 2.45) is 16.7 Å². The number of hydrogen-bond acceptors (Lipinski definition) is 3. The van der Waals surface area contributed by atoms with Gasteiger partial charge >= 0.3 is 0 Å². The van der Waals surface area contributed by atoms with E-state index in [4.69, 9.17) is 0 Å². The van der Waals surface area contributed by atoms with Crippen LogP contribution in [0.15, 0.2) is 24.3 Å². The summed E-state index contributed by atoms with van der Waals surface area (Å²) in [5.74, 6) is 0.448. The summed E-state index contributed by atoms with van der Waals surface area (Å²) in [5, 5.41) is 10.9. The Morgan fingerprint density at radius 3 is 2.76 bits per heavy atom. The number of carbonyl (C=O) groups excluding carboxylic acids is 1. The van der Waals surface area contributed by atoms with Gasteiger partial charge in [-0.25, -0.2) is 0 Å². The van der Waals surface area contributed by atoms with Crippen molar-refractivity contribution >= 4 is 16.8 Å². The van der Waals surface area contributed by atoms with Gasteiger partial charge in [0.05, 0.1) is 17.7 Å². The molecule has 4 heteroatoms. The van der Waals surface area contributed by atoms with E-state index >= 15 is 0 Å². The first kappa shape index (κ1) is 16.5. The van der Waals surface area contributed by atoms with Crippen LogP contribution in [0.5, 0.6) is 0 Å². The van der Waals surface area contributed by atoms with Crippen LogP contribution < -0.4 is 0 Å². The maximum Gasteiger partial charge on any atom is 0.254 e. The van der Waals surface area contributed by atoms with Gasteiger partial charge in [-0.3, -0.25) is 9.78 Å². The molecule has 4 rings (SSSR count). The molecule has 1 aliphatic carbocycles. The molecular formula is C21H26N2O2. The summed E-state index contributed by atoms with van der Waals surface area (Å²) >= 11 is 0. The van der Waals surface area contributed by atoms with Gasteiger partial charge in [-0.2, -0.15) is 0 Å². The molecule has 0 bridgehead atoms. The molecule has 1 aliphatic heterocycles. The fourth-order valence-electron chi connectivity index (χ4n) is 5.36. The van der Waals surface area contributed by atoms with E-state index in [0.29, 0.717) is 12.5 Å². The summed E-state index contributed by atoms with van der Waals surface area (Å²) in [6.07, 6.45) is 0.986. The van der Waals surface area contributed by atoms with E-state index in [1.807, 2.05) is 43.0 Å². The maximum absolute atomic E-state index is 13.3. The molecule has 4 nitrogen and oxygen atoms in total. The zero-order valence-corrected chi connectivity index (χ0v) is 15.5. The zero-order valence-electron chi connectivity index (χ0n) is 15.5. The predicted molar refractivity (Wildman–Crippen MR) is 98.5 cm³/mol. The maximum atomic E-state index is 13.3. The van der Waals surface area contributed by atoms with Crippen molar-refractivity contribution in [3.8, 4) is 0 Å². The summed E-state index contributed by atoms with van der Waals surface area (Å²) < 4.78 is 0. The highest BCUT2D eigenvalue weighted by atomic mass is 16.3. The number of aryl methyl sites for hydroxylation is 2. The Balaban J connectivity index is 1.74. The number of aliphatic hydroxyl groups is 1. The summed E-state index contributed by atoms with van der Waals surface area (Å²) in [6.45, 7) is 10.0. The van der Waals surface area contributed by atoms with Crippen LogP contribution in [0.3, 0.4) is 0 Å². The van der Waals surface area contributed by atoms with Crippen LogP contribution in [0.4, 0.5) is 0 Å². The molecule has 25 heavy (non-hydrogen) atoms. The first-order valence-electron chi connectivity index (χ1n) is 9.04. The summed E-state index contributed by atoms with van der Waals surface area (Å²) in [5.41, 5.74) is 3.69. The molecule has 0 unspecified atom stereocenters. The Hall–Kier alpha value is -1.94. The third kappa shape index (κ3) is 2.30. The Morgan fingerprint density at radius 1 is 1.36 bits per heavy atom. The Kier molecular flexibility index (Phi) is 3.49. The van der Waals surface area contributed by atoms with E-state index in [-0.39, 0.29) is 23.3 Å². The molecule has 132 valence electrons. The molecule has 2 heterocycles. The molecule has 1 aromatic carbocycles. The molecule has 2 atom stereocenters. The van der Waals surface area contributed by atoms with Gasteiger partial charge in [-0.15, -0.1) is 0 Å². The van der Waals surface area contributed by atoms with E-state index in [9.17, 15) is 9.90 Å². The molecule has 1 N–H and O–H groups in total. The van der Waals surface area contributed by atoms with Crippen molar-refractivity contribution in [3.63, 3.8) is 0 Å². The molecule has 2 aliphatic rings. The SMILES string of the molecule is Cc1cc(C(=O)N2C[C@@H]3C(C)(C)C[C@]3(CO)C2)c2cccc(C)c2n1. The standard InChI is InChI=1S/C21H26N2O2/c1-13-6-5-7-15-16(8-14(2)22-18(13)15)19(25)23-9-17-20(3,4)10-21(17,11-23)12-24/h5-8,17,24H,9-12H2,1-4H3/t17-,21-/m1/s1. The second-order valence-electron chi connectivity index (χ2n) is 8.71. The van der Waals surface area contributed by atoms with Crippen LogP contribution in [0, 0.1) is 30.6 Å². The van der Waals surface area contributed by atoms with Gasteiger partial charge in [0.25, 0.3) is 5.91 Å². The smallest absolute Gasteiger partial charge is 0.254 e. The number of aromatic nitrogens is 1. The molecule has 2 aromatic rings. The van der Waals surface area contributed by atoms with E-state index in [1.54, 1.807) is 0 Å². The molecule has 1 amide bonds. The minimum atomic E-state index is -0.104. The van der Waals surface area contributed by atoms with Crippen LogP contribution in [-0.2, 0) is 0 Å². The van der Waals surface area contributed by atoms with Crippen LogP contribution >= 0.6 is 0 Å². The van der Waals surface area contributed by atoms with E-state index in [2.05, 4.69) is 18.8 Å². The fraction of sp³-hybridized carbons (Fsp3) is 0.524. The minimum absolute atomic E-state index is 0.0686. The van der Waals surface area contributed by atoms with Gasteiger partial charge in [-0.05, 0) is 43.2 Å².